The third-order valence-electron chi connectivity index (χ3n) is 6.94. The number of aliphatic hydroxyl groups excluding tert-OH is 2. The van der Waals surface area contributed by atoms with Gasteiger partial charge in [-0.3, -0.25) is 14.4 Å². The number of nitrogens with one attached hydrogen (secondary N) is 1. The maximum Gasteiger partial charge on any atom is 0.247 e. The van der Waals surface area contributed by atoms with E-state index in [0.717, 1.165) is 5.56 Å². The molecule has 3 rings (SSSR count). The first-order valence-electron chi connectivity index (χ1n) is 13.8. The second-order valence-corrected chi connectivity index (χ2v) is 11.6. The van der Waals surface area contributed by atoms with Gasteiger partial charge in [0.05, 0.1) is 30.4 Å². The lowest BCUT2D eigenvalue weighted by atomic mass is 9.87. The normalized spacial score (nSPS) is 18.2. The Morgan fingerprint density at radius 2 is 1.95 bits per heavy atom. The van der Waals surface area contributed by atoms with Crippen molar-refractivity contribution in [2.24, 2.45) is 5.92 Å². The predicted octanol–water partition coefficient (Wildman–Crippen LogP) is 3.15. The number of nitrogens with zero attached hydrogens (tertiary/aromatic N) is 1. The van der Waals surface area contributed by atoms with Crippen LogP contribution in [0.3, 0.4) is 0 Å². The van der Waals surface area contributed by atoms with Crippen molar-refractivity contribution in [3.8, 4) is 17.2 Å². The summed E-state index contributed by atoms with van der Waals surface area (Å²) in [6.07, 6.45) is 0.903. The number of rotatable bonds is 14. The number of hydrogen-bond acceptors (Lipinski definition) is 8. The fourth-order valence-corrected chi connectivity index (χ4v) is 5.61. The average Bonchev–Trinajstić information content (AvgIpc) is 2.97. The highest BCUT2D eigenvalue weighted by molar-refractivity contribution is 14.1. The minimum atomic E-state index is -1.19. The van der Waals surface area contributed by atoms with Crippen molar-refractivity contribution in [1.82, 2.24) is 10.2 Å². The molecule has 0 heterocycles. The van der Waals surface area contributed by atoms with Gasteiger partial charge in [-0.25, -0.2) is 0 Å². The van der Waals surface area contributed by atoms with Crippen LogP contribution in [-0.4, -0.2) is 85.4 Å². The minimum Gasteiger partial charge on any atom is -0.497 e. The first-order chi connectivity index (χ1) is 20.1. The number of halogens is 1. The van der Waals surface area contributed by atoms with Gasteiger partial charge < -0.3 is 34.6 Å². The molecular weight excluding hydrogens is 655 g/mol. The molecule has 2 aromatic rings. The highest BCUT2D eigenvalue weighted by Gasteiger charge is 2.41. The molecule has 0 aliphatic heterocycles. The molecule has 0 fully saturated rings. The van der Waals surface area contributed by atoms with Crippen molar-refractivity contribution in [3.63, 3.8) is 0 Å². The Morgan fingerprint density at radius 1 is 1.19 bits per heavy atom. The zero-order valence-electron chi connectivity index (χ0n) is 24.3. The number of carbonyl (C=O) groups excluding carboxylic acids is 3. The van der Waals surface area contributed by atoms with E-state index in [4.69, 9.17) is 14.2 Å². The fourth-order valence-electron chi connectivity index (χ4n) is 4.86. The summed E-state index contributed by atoms with van der Waals surface area (Å²) in [6, 6.07) is 9.96. The zero-order chi connectivity index (χ0) is 30.8. The van der Waals surface area contributed by atoms with Crippen molar-refractivity contribution in [1.29, 1.82) is 0 Å². The molecule has 3 atom stereocenters. The van der Waals surface area contributed by atoms with Crippen LogP contribution in [0.25, 0.3) is 0 Å². The summed E-state index contributed by atoms with van der Waals surface area (Å²) in [5, 5.41) is 23.6. The van der Waals surface area contributed by atoms with Crippen LogP contribution in [0.2, 0.25) is 0 Å². The van der Waals surface area contributed by atoms with Crippen LogP contribution in [0, 0.1) is 9.49 Å². The van der Waals surface area contributed by atoms with Crippen LogP contribution in [0.1, 0.15) is 42.6 Å². The summed E-state index contributed by atoms with van der Waals surface area (Å²) in [5.74, 6) is 0.815. The lowest BCUT2D eigenvalue weighted by Crippen LogP contribution is -2.55. The Morgan fingerprint density at radius 3 is 2.60 bits per heavy atom. The van der Waals surface area contributed by atoms with Crippen LogP contribution in [0.4, 0.5) is 0 Å². The topological polar surface area (TPSA) is 135 Å². The number of ether oxygens (including phenoxy) is 3. The van der Waals surface area contributed by atoms with Gasteiger partial charge >= 0.3 is 0 Å². The van der Waals surface area contributed by atoms with E-state index in [9.17, 15) is 24.6 Å². The number of benzene rings is 2. The second kappa shape index (κ2) is 15.9. The average molecular weight is 695 g/mol. The zero-order valence-corrected chi connectivity index (χ0v) is 26.5. The first-order valence-corrected chi connectivity index (χ1v) is 14.9. The Balaban J connectivity index is 2.01. The number of aliphatic hydroxyl groups is 2. The summed E-state index contributed by atoms with van der Waals surface area (Å²) >= 11 is 2.02. The molecule has 3 N–H and O–H groups in total. The summed E-state index contributed by atoms with van der Waals surface area (Å²) in [7, 11) is 3.04. The quantitative estimate of drug-likeness (QED) is 0.203. The number of aldehydes is 1. The SMILES string of the molecule is COc1cccc(CCN(C(=O)CC(C)C)C2CC(C(=O)NCCO)=CC(Oc3c(I)cc(C=O)cc3OC)C2O)c1. The molecule has 0 bridgehead atoms. The van der Waals surface area contributed by atoms with Crippen molar-refractivity contribution >= 4 is 40.7 Å². The summed E-state index contributed by atoms with van der Waals surface area (Å²) in [4.78, 5) is 39.7. The van der Waals surface area contributed by atoms with Crippen LogP contribution >= 0.6 is 22.6 Å². The summed E-state index contributed by atoms with van der Waals surface area (Å²) < 4.78 is 17.7. The first kappa shape index (κ1) is 33.3. The van der Waals surface area contributed by atoms with Crippen molar-refractivity contribution in [3.05, 3.63) is 62.7 Å². The van der Waals surface area contributed by atoms with Crippen LogP contribution in [0.5, 0.6) is 17.2 Å². The van der Waals surface area contributed by atoms with Crippen molar-refractivity contribution in [2.45, 2.75) is 51.4 Å². The Bertz CT molecular complexity index is 1280. The van der Waals surface area contributed by atoms with E-state index in [1.807, 2.05) is 60.7 Å². The van der Waals surface area contributed by atoms with E-state index >= 15 is 0 Å². The molecule has 0 saturated heterocycles. The molecule has 11 heteroatoms. The molecule has 1 aliphatic rings. The Labute approximate surface area is 260 Å². The maximum atomic E-state index is 13.6. The van der Waals surface area contributed by atoms with Gasteiger partial charge in [-0.1, -0.05) is 26.0 Å². The molecule has 42 heavy (non-hydrogen) atoms. The van der Waals surface area contributed by atoms with Crippen molar-refractivity contribution in [2.75, 3.05) is 33.9 Å². The standard InChI is InChI=1S/C31H39IN2O8/c1-19(2)12-28(37)34(10-8-20-6-5-7-23(13-20)40-3)25-16-22(31(39)33-9-11-35)17-26(29(25)38)42-30-24(32)14-21(18-36)15-27(30)41-4/h5-7,13-15,17-19,25-26,29,35,38H,8-12,16H2,1-4H3,(H,33,39). The summed E-state index contributed by atoms with van der Waals surface area (Å²) in [6.45, 7) is 4.02. The predicted molar refractivity (Wildman–Crippen MR) is 166 cm³/mol. The molecule has 2 aromatic carbocycles. The highest BCUT2D eigenvalue weighted by Crippen LogP contribution is 2.37. The highest BCUT2D eigenvalue weighted by atomic mass is 127. The maximum absolute atomic E-state index is 13.6. The molecule has 0 aromatic heterocycles. The van der Waals surface area contributed by atoms with E-state index in [2.05, 4.69) is 5.32 Å². The van der Waals surface area contributed by atoms with Gasteiger partial charge in [0.1, 0.15) is 24.2 Å². The minimum absolute atomic E-state index is 0.0552. The molecule has 0 saturated carbocycles. The van der Waals surface area contributed by atoms with E-state index in [1.165, 1.54) is 13.2 Å². The fraction of sp³-hybridized carbons (Fsp3) is 0.452. The van der Waals surface area contributed by atoms with Gasteiger partial charge in [-0.2, -0.15) is 0 Å². The number of hydrogen-bond donors (Lipinski definition) is 3. The van der Waals surface area contributed by atoms with E-state index in [0.29, 0.717) is 51.2 Å². The Kier molecular flexibility index (Phi) is 12.6. The number of methoxy groups -OCH3 is 2. The lowest BCUT2D eigenvalue weighted by molar-refractivity contribution is -0.139. The van der Waals surface area contributed by atoms with Gasteiger partial charge in [-0.15, -0.1) is 0 Å². The van der Waals surface area contributed by atoms with E-state index in [-0.39, 0.29) is 37.8 Å². The second-order valence-electron chi connectivity index (χ2n) is 10.5. The van der Waals surface area contributed by atoms with Gasteiger partial charge in [0.2, 0.25) is 11.8 Å². The van der Waals surface area contributed by atoms with E-state index < -0.39 is 24.2 Å². The third kappa shape index (κ3) is 8.68. The molecule has 10 nitrogen and oxygen atoms in total. The molecule has 3 unspecified atom stereocenters. The van der Waals surface area contributed by atoms with Crippen LogP contribution in [0.15, 0.2) is 48.0 Å². The Hall–Kier alpha value is -3.16. The smallest absolute Gasteiger partial charge is 0.247 e. The van der Waals surface area contributed by atoms with Crippen LogP contribution < -0.4 is 19.5 Å². The van der Waals surface area contributed by atoms with Crippen LogP contribution in [-0.2, 0) is 16.0 Å². The lowest BCUT2D eigenvalue weighted by Gasteiger charge is -2.41. The van der Waals surface area contributed by atoms with Crippen molar-refractivity contribution < 1.29 is 38.8 Å². The van der Waals surface area contributed by atoms with E-state index in [1.54, 1.807) is 24.2 Å². The summed E-state index contributed by atoms with van der Waals surface area (Å²) in [5.41, 5.74) is 1.68. The molecule has 1 aliphatic carbocycles. The monoisotopic (exact) mass is 694 g/mol. The molecule has 228 valence electrons. The van der Waals surface area contributed by atoms with Gasteiger partial charge in [0, 0.05) is 37.1 Å². The molecule has 0 spiro atoms. The van der Waals surface area contributed by atoms with Gasteiger partial charge in [0.25, 0.3) is 0 Å². The molecular formula is C31H39IN2O8. The van der Waals surface area contributed by atoms with Gasteiger partial charge in [0.15, 0.2) is 11.5 Å². The molecule has 2 amide bonds. The third-order valence-corrected chi connectivity index (χ3v) is 7.74. The molecule has 0 radical (unpaired) electrons. The van der Waals surface area contributed by atoms with Gasteiger partial charge in [-0.05, 0) is 70.8 Å². The number of carbonyl (C=O) groups is 3. The largest absolute Gasteiger partial charge is 0.497 e. The number of amides is 2.